The third kappa shape index (κ3) is 32.8. The number of unbranched alkanes of at least 4 members (excludes halogenated alkanes) is 4. The molecule has 23 N–H and O–H groups in total. The minimum atomic E-state index is -1.94. The molecule has 0 spiro atoms. The number of aromatic nitrogens is 4. The van der Waals surface area contributed by atoms with Crippen molar-refractivity contribution in [2.45, 2.75) is 266 Å². The Hall–Kier alpha value is -14.3. The number of phenols is 1. The molecule has 3 saturated heterocycles. The van der Waals surface area contributed by atoms with Crippen molar-refractivity contribution in [1.82, 2.24) is 97.6 Å². The number of H-pyrrole nitrogens is 3. The molecule has 3 aromatic heterocycles. The molecule has 0 aliphatic carbocycles. The number of amides is 16. The third-order valence-electron chi connectivity index (χ3n) is 26.2. The Kier molecular flexibility index (Phi) is 44.2. The van der Waals surface area contributed by atoms with Gasteiger partial charge in [0, 0.05) is 131 Å². The summed E-state index contributed by atoms with van der Waals surface area (Å²) in [7, 11) is 3.81. The molecular formula is C99H136N22O23S. The predicted octanol–water partition coefficient (Wildman–Crippen LogP) is -0.910. The Morgan fingerprint density at radius 2 is 1.12 bits per heavy atom. The summed E-state index contributed by atoms with van der Waals surface area (Å²) in [5, 5.41) is 69.8. The van der Waals surface area contributed by atoms with Crippen LogP contribution in [0.4, 0.5) is 0 Å². The van der Waals surface area contributed by atoms with Crippen LogP contribution >= 0.6 is 11.8 Å². The van der Waals surface area contributed by atoms with Gasteiger partial charge in [-0.1, -0.05) is 88.1 Å². The van der Waals surface area contributed by atoms with Crippen molar-refractivity contribution in [3.8, 4) is 18.1 Å². The molecule has 45 nitrogen and oxygen atoms in total. The number of aromatic hydroxyl groups is 1. The number of fused-ring (bicyclic) bond motifs is 4. The van der Waals surface area contributed by atoms with Gasteiger partial charge in [-0.25, -0.2) is 4.98 Å². The average Bonchev–Trinajstić information content (AvgIpc) is 1.72. The molecule has 46 heteroatoms. The lowest BCUT2D eigenvalue weighted by Gasteiger charge is -2.36. The van der Waals surface area contributed by atoms with Crippen molar-refractivity contribution in [2.75, 3.05) is 65.4 Å². The second-order valence-electron chi connectivity index (χ2n) is 36.9. The fourth-order valence-corrected chi connectivity index (χ4v) is 18.8. The molecule has 6 heterocycles. The van der Waals surface area contributed by atoms with Crippen molar-refractivity contribution in [2.24, 2.45) is 23.1 Å². The summed E-state index contributed by atoms with van der Waals surface area (Å²) in [6.07, 6.45) is 7.40. The third-order valence-corrected chi connectivity index (χ3v) is 27.3. The summed E-state index contributed by atoms with van der Waals surface area (Å²) >= 11 is 0.659. The number of aromatic amines is 3. The predicted molar refractivity (Wildman–Crippen MR) is 532 cm³/mol. The van der Waals surface area contributed by atoms with Crippen LogP contribution in [0.5, 0.6) is 5.75 Å². The first-order valence-electron chi connectivity index (χ1n) is 48.9. The minimum absolute atomic E-state index is 0.0397. The van der Waals surface area contributed by atoms with Gasteiger partial charge in [-0.05, 0) is 138 Å². The molecule has 9 rings (SSSR count). The molecule has 3 aliphatic heterocycles. The minimum Gasteiger partial charge on any atom is -0.508 e. The Morgan fingerprint density at radius 1 is 0.566 bits per heavy atom. The second kappa shape index (κ2) is 56.1. The number of carbonyl (C=O) groups excluding carboxylic acids is 17. The number of benzene rings is 3. The smallest absolute Gasteiger partial charge is 0.305 e. The number of rotatable bonds is 33. The number of nitrogens with two attached hydrogens (primary N) is 3. The number of aliphatic carboxylic acids is 2. The van der Waals surface area contributed by atoms with Crippen LogP contribution in [0.3, 0.4) is 0 Å². The van der Waals surface area contributed by atoms with E-state index in [-0.39, 0.29) is 127 Å². The molecule has 3 aliphatic rings. The highest BCUT2D eigenvalue weighted by Crippen LogP contribution is 2.31. The van der Waals surface area contributed by atoms with Gasteiger partial charge >= 0.3 is 11.9 Å². The Morgan fingerprint density at radius 3 is 1.74 bits per heavy atom. The zero-order chi connectivity index (χ0) is 106. The number of ketones is 1. The van der Waals surface area contributed by atoms with E-state index in [1.54, 1.807) is 67.8 Å². The van der Waals surface area contributed by atoms with Gasteiger partial charge in [-0.15, -0.1) is 24.1 Å². The Labute approximate surface area is 842 Å². The first-order chi connectivity index (χ1) is 69.3. The van der Waals surface area contributed by atoms with Gasteiger partial charge in [0.25, 0.3) is 0 Å². The fourth-order valence-electron chi connectivity index (χ4n) is 18.0. The average molecular weight is 2030 g/mol. The number of carbonyl (C=O) groups is 19. The number of imidazole rings is 1. The van der Waals surface area contributed by atoms with Crippen molar-refractivity contribution >= 4 is 146 Å². The Bertz CT molecular complexity index is 5590. The summed E-state index contributed by atoms with van der Waals surface area (Å²) < 4.78 is 0. The van der Waals surface area contributed by atoms with E-state index in [0.717, 1.165) is 31.5 Å². The molecule has 3 aromatic carbocycles. The number of Topliss-reactive ketones (excluding diaryl/α,β-unsaturated/α-hetero) is 1. The van der Waals surface area contributed by atoms with Crippen LogP contribution in [0, 0.1) is 18.3 Å². The van der Waals surface area contributed by atoms with E-state index < -0.39 is 259 Å². The number of hydrogen-bond donors (Lipinski definition) is 20. The highest BCUT2D eigenvalue weighted by Gasteiger charge is 2.47. The normalized spacial score (nSPS) is 24.0. The molecule has 16 atom stereocenters. The van der Waals surface area contributed by atoms with Crippen LogP contribution in [0.25, 0.3) is 21.8 Å². The van der Waals surface area contributed by atoms with E-state index >= 15 is 43.2 Å². The topological polar surface area (TPSA) is 680 Å². The molecule has 0 bridgehead atoms. The lowest BCUT2D eigenvalue weighted by atomic mass is 9.90. The first-order valence-corrected chi connectivity index (χ1v) is 50.0. The van der Waals surface area contributed by atoms with Gasteiger partial charge in [0.1, 0.15) is 84.3 Å². The lowest BCUT2D eigenvalue weighted by Crippen LogP contribution is -2.60. The van der Waals surface area contributed by atoms with Crippen LogP contribution < -0.4 is 70.4 Å². The first kappa shape index (κ1) is 114. The number of para-hydroxylation sites is 2. The van der Waals surface area contributed by atoms with Crippen molar-refractivity contribution < 1.29 is 112 Å². The number of nitrogens with zero attached hydrogens (tertiary/aromatic N) is 6. The maximum absolute atomic E-state index is 16.0. The zero-order valence-corrected chi connectivity index (χ0v) is 83.2. The van der Waals surface area contributed by atoms with Crippen LogP contribution in [-0.2, 0) is 117 Å². The molecule has 3 fully saturated rings. The van der Waals surface area contributed by atoms with Crippen LogP contribution in [-0.4, -0.2) is 333 Å². The van der Waals surface area contributed by atoms with Crippen LogP contribution in [0.2, 0.25) is 0 Å². The largest absolute Gasteiger partial charge is 0.508 e. The van der Waals surface area contributed by atoms with E-state index in [1.165, 1.54) is 57.8 Å². The molecule has 0 saturated carbocycles. The van der Waals surface area contributed by atoms with Gasteiger partial charge in [0.2, 0.25) is 94.5 Å². The molecule has 786 valence electrons. The van der Waals surface area contributed by atoms with E-state index in [2.05, 4.69) is 79.0 Å². The van der Waals surface area contributed by atoms with E-state index in [4.69, 9.17) is 23.6 Å². The maximum atomic E-state index is 16.0. The number of nitrogens with one attached hydrogen (secondary N) is 13. The molecular weight excluding hydrogens is 1900 g/mol. The lowest BCUT2D eigenvalue weighted by molar-refractivity contribution is -0.149. The number of aliphatic hydroxyl groups is 1. The summed E-state index contributed by atoms with van der Waals surface area (Å²) in [5.74, 6) is -19.9. The second-order valence-corrected chi connectivity index (χ2v) is 37.9. The summed E-state index contributed by atoms with van der Waals surface area (Å²) in [5.41, 5.74) is 20.5. The standard InChI is InChI=1S/C99H136N22O23S/c1-8-11-29-77-93(138)111-70(36-37-84(127)128)91(136)116-76(89(134)106-51-82(125)108-68(22-10-3)86(102)131)53-145-54-83(126)109-73(41-57-32-34-62(122)35-33-57)95(140)117(5)56(4)87(132)114-75(47-85(129)130)98(143)120-40-21-31-78(120)94(139)113-72(45-61-50-103-55-107-61)92(137)112-71(28-18-20-39-101)97(142)121-52-63(123)46-80(121)81(124)44-58(42-59-48-104-66-25-15-13-23-64(59)66)88(133)110-69(27-17-19-38-100)90(135)115-74(43-60-49-105-67-26-16-14-24-65(60)67)96(141)119(7)79(30-12-9-2)99(144)118(77)6/h3,13-16,23-26,32-35,48-50,55-56,58,63,68-80,104-105,122-123H,8-9,11-12,17-22,27-31,36-47,51-54,100-101H2,1-2,4-7H3,(H2,102,131)(H,103,107)(H,106,134)(H,108,125)(H,109,126)(H,110,133)(H,111,138)(H,112,137)(H,113,139)(H,114,132)(H,115,135)(H,116,136)(H,127,128)(H,129,130)/t56-,58+,63+,68-,69-,70-,71-,72-,73-,74-,75-,76-,77-,78-,79-,80-/m0/s1. The number of carboxylic acids is 2. The van der Waals surface area contributed by atoms with Crippen LogP contribution in [0.15, 0.2) is 97.7 Å². The molecule has 16 amide bonds. The molecule has 0 radical (unpaired) electrons. The number of aliphatic hydroxyl groups excluding tert-OH is 1. The molecule has 6 aromatic rings. The summed E-state index contributed by atoms with van der Waals surface area (Å²) in [6, 6.07) is -2.52. The van der Waals surface area contributed by atoms with Crippen molar-refractivity contribution in [1.29, 1.82) is 0 Å². The van der Waals surface area contributed by atoms with E-state index in [9.17, 15) is 68.4 Å². The monoisotopic (exact) mass is 2030 g/mol. The molecule has 145 heavy (non-hydrogen) atoms. The van der Waals surface area contributed by atoms with Gasteiger partial charge in [-0.3, -0.25) is 91.1 Å². The van der Waals surface area contributed by atoms with Gasteiger partial charge in [0.15, 0.2) is 5.78 Å². The molecule has 0 unspecified atom stereocenters. The van der Waals surface area contributed by atoms with E-state index in [0.29, 0.717) is 82.4 Å². The van der Waals surface area contributed by atoms with Gasteiger partial charge in [0.05, 0.1) is 42.9 Å². The van der Waals surface area contributed by atoms with Crippen molar-refractivity contribution in [3.63, 3.8) is 0 Å². The number of terminal acetylenes is 1. The quantitative estimate of drug-likeness (QED) is 0.0175. The highest BCUT2D eigenvalue weighted by atomic mass is 32.2. The number of hydrogen-bond acceptors (Lipinski definition) is 25. The summed E-state index contributed by atoms with van der Waals surface area (Å²) in [4.78, 5) is 298. The summed E-state index contributed by atoms with van der Waals surface area (Å²) in [6.45, 7) is 3.60. The fraction of sp³-hybridized carbons (Fsp3) is 0.535. The SMILES string of the molecule is C#CC[C@H](NC(=O)CNC(=O)[C@@H]1CSCC(=O)N[C@@H](Cc2ccc(O)cc2)C(=O)N(C)[C@@H](C)C(=O)N[C@@H](CC(=O)O)C(=O)N2CCC[C@H]2C(=O)N[C@@H](Cc2c[nH]cn2)C(=O)N[C@@H](CCCCN)C(=O)N2C[C@H](O)C[C@H]2C(=O)C[C@@H](Cc2c[nH]c3ccccc23)C(=O)N[C@@H](CCCCN)C(=O)N[C@@H](Cc2c[nH]c3ccccc23)C(=O)N(C)[C@@H](CCCC)C(=O)N(C)[C@@H](CCCC)C(=O)N[C@@H](CCC(=O)O)C(=O)N1)C(N)=O. The highest BCUT2D eigenvalue weighted by molar-refractivity contribution is 8.00. The van der Waals surface area contributed by atoms with Crippen molar-refractivity contribution in [3.05, 3.63) is 120 Å². The van der Waals surface area contributed by atoms with Gasteiger partial charge in [-0.2, -0.15) is 0 Å². The number of carboxylic acid groups (broad SMARTS) is 2. The van der Waals surface area contributed by atoms with Gasteiger partial charge < -0.3 is 130 Å². The number of thioether (sulfide) groups is 1. The number of primary amides is 1. The van der Waals surface area contributed by atoms with Crippen LogP contribution in [0.1, 0.15) is 172 Å². The van der Waals surface area contributed by atoms with E-state index in [1.807, 2.05) is 6.92 Å². The Balaban J connectivity index is 1.13. The number of likely N-dealkylation sites (N-methyl/N-ethyl adjacent to an activating group) is 3. The maximum Gasteiger partial charge on any atom is 0.305 e. The zero-order valence-electron chi connectivity index (χ0n) is 82.3. The number of phenolic OH excluding ortho intramolecular Hbond substituents is 1.